The van der Waals surface area contributed by atoms with Crippen LogP contribution in [0.25, 0.3) is 10.8 Å². The second-order valence-electron chi connectivity index (χ2n) is 4.81. The van der Waals surface area contributed by atoms with Crippen molar-refractivity contribution in [1.29, 1.82) is 0 Å². The molecule has 2 rings (SSSR count). The van der Waals surface area contributed by atoms with Gasteiger partial charge in [0.15, 0.2) is 0 Å². The zero-order valence-electron chi connectivity index (χ0n) is 11.3. The second-order valence-corrected chi connectivity index (χ2v) is 4.81. The number of hydrogen-bond acceptors (Lipinski definition) is 2. The fourth-order valence-corrected chi connectivity index (χ4v) is 2.03. The van der Waals surface area contributed by atoms with E-state index < -0.39 is 12.0 Å². The van der Waals surface area contributed by atoms with Crippen LogP contribution in [0.1, 0.15) is 18.9 Å². The van der Waals surface area contributed by atoms with Gasteiger partial charge in [-0.05, 0) is 29.7 Å². The first-order valence-electron chi connectivity index (χ1n) is 6.56. The maximum Gasteiger partial charge on any atom is 0.325 e. The molecule has 20 heavy (non-hydrogen) atoms. The number of rotatable bonds is 5. The van der Waals surface area contributed by atoms with Gasteiger partial charge in [-0.3, -0.25) is 9.59 Å². The van der Waals surface area contributed by atoms with Gasteiger partial charge in [0.25, 0.3) is 0 Å². The van der Waals surface area contributed by atoms with E-state index in [1.807, 2.05) is 36.4 Å². The molecular formula is C16H17NO3. The van der Waals surface area contributed by atoms with Crippen molar-refractivity contribution in [3.8, 4) is 0 Å². The van der Waals surface area contributed by atoms with Crippen LogP contribution in [0.5, 0.6) is 0 Å². The van der Waals surface area contributed by atoms with Gasteiger partial charge in [0, 0.05) is 6.42 Å². The Bertz CT molecular complexity index is 636. The largest absolute Gasteiger partial charge is 0.480 e. The predicted molar refractivity (Wildman–Crippen MR) is 77.5 cm³/mol. The van der Waals surface area contributed by atoms with Crippen molar-refractivity contribution in [3.05, 3.63) is 48.0 Å². The molecule has 2 aromatic carbocycles. The molecule has 2 aromatic rings. The minimum absolute atomic E-state index is 0.243. The molecule has 0 aliphatic carbocycles. The number of carbonyl (C=O) groups excluding carboxylic acids is 1. The van der Waals surface area contributed by atoms with Crippen molar-refractivity contribution >= 4 is 22.6 Å². The van der Waals surface area contributed by atoms with Gasteiger partial charge in [-0.15, -0.1) is 0 Å². The lowest BCUT2D eigenvalue weighted by molar-refractivity contribution is -0.141. The number of carbonyl (C=O) groups is 2. The first-order chi connectivity index (χ1) is 9.56. The fraction of sp³-hybridized carbons (Fsp3) is 0.250. The van der Waals surface area contributed by atoms with Crippen LogP contribution in [-0.2, 0) is 16.0 Å². The monoisotopic (exact) mass is 271 g/mol. The summed E-state index contributed by atoms with van der Waals surface area (Å²) in [7, 11) is 0. The highest BCUT2D eigenvalue weighted by Crippen LogP contribution is 2.16. The summed E-state index contributed by atoms with van der Waals surface area (Å²) in [5.41, 5.74) is 1.07. The molecule has 1 atom stereocenters. The predicted octanol–water partition coefficient (Wildman–Crippen LogP) is 2.36. The van der Waals surface area contributed by atoms with Gasteiger partial charge in [0.1, 0.15) is 6.04 Å². The van der Waals surface area contributed by atoms with E-state index in [4.69, 9.17) is 5.11 Å². The third kappa shape index (κ3) is 3.57. The summed E-state index contributed by atoms with van der Waals surface area (Å²) >= 11 is 0. The minimum atomic E-state index is -1.02. The molecule has 0 radical (unpaired) electrons. The number of fused-ring (bicyclic) bond motifs is 1. The third-order valence-electron chi connectivity index (χ3n) is 3.20. The summed E-state index contributed by atoms with van der Waals surface area (Å²) in [6, 6.07) is 13.3. The zero-order chi connectivity index (χ0) is 14.5. The molecule has 1 amide bonds. The fourth-order valence-electron chi connectivity index (χ4n) is 2.03. The maximum atomic E-state index is 11.6. The molecule has 4 heteroatoms. The number of hydrogen-bond donors (Lipinski definition) is 2. The highest BCUT2D eigenvalue weighted by molar-refractivity contribution is 5.84. The minimum Gasteiger partial charge on any atom is -0.480 e. The average Bonchev–Trinajstić information content (AvgIpc) is 2.44. The van der Waals surface area contributed by atoms with Gasteiger partial charge >= 0.3 is 5.97 Å². The molecule has 0 bridgehead atoms. The summed E-state index contributed by atoms with van der Waals surface area (Å²) in [5, 5.41) is 13.5. The number of nitrogens with one attached hydrogen (secondary N) is 1. The lowest BCUT2D eigenvalue weighted by Gasteiger charge is -2.09. The van der Waals surface area contributed by atoms with Crippen molar-refractivity contribution in [2.24, 2.45) is 0 Å². The van der Waals surface area contributed by atoms with E-state index in [1.165, 1.54) is 12.3 Å². The van der Waals surface area contributed by atoms with Crippen LogP contribution in [0.2, 0.25) is 0 Å². The summed E-state index contributed by atoms with van der Waals surface area (Å²) in [4.78, 5) is 22.3. The van der Waals surface area contributed by atoms with Crippen LogP contribution < -0.4 is 5.32 Å². The quantitative estimate of drug-likeness (QED) is 0.877. The molecule has 0 saturated heterocycles. The SMILES string of the molecule is C[C@@H](NC(=O)CCc1ccc2ccccc2c1)C(=O)O. The van der Waals surface area contributed by atoms with E-state index in [0.29, 0.717) is 6.42 Å². The van der Waals surface area contributed by atoms with E-state index in [2.05, 4.69) is 11.4 Å². The van der Waals surface area contributed by atoms with Gasteiger partial charge in [-0.2, -0.15) is 0 Å². The van der Waals surface area contributed by atoms with Crippen molar-refractivity contribution in [1.82, 2.24) is 5.32 Å². The normalized spacial score (nSPS) is 12.1. The molecule has 0 saturated carbocycles. The van der Waals surface area contributed by atoms with Crippen LogP contribution in [0, 0.1) is 0 Å². The number of carboxylic acids is 1. The Hall–Kier alpha value is -2.36. The molecule has 104 valence electrons. The van der Waals surface area contributed by atoms with E-state index in [1.54, 1.807) is 0 Å². The Morgan fingerprint density at radius 2 is 1.85 bits per heavy atom. The average molecular weight is 271 g/mol. The van der Waals surface area contributed by atoms with Crippen molar-refractivity contribution < 1.29 is 14.7 Å². The van der Waals surface area contributed by atoms with E-state index in [9.17, 15) is 9.59 Å². The summed E-state index contributed by atoms with van der Waals surface area (Å²) in [6.07, 6.45) is 0.888. The number of amides is 1. The lowest BCUT2D eigenvalue weighted by atomic mass is 10.0. The highest BCUT2D eigenvalue weighted by Gasteiger charge is 2.13. The summed E-state index contributed by atoms with van der Waals surface area (Å²) in [6.45, 7) is 1.45. The zero-order valence-corrected chi connectivity index (χ0v) is 11.3. The number of carboxylic acid groups (broad SMARTS) is 1. The van der Waals surface area contributed by atoms with Crippen molar-refractivity contribution in [2.75, 3.05) is 0 Å². The third-order valence-corrected chi connectivity index (χ3v) is 3.20. The molecule has 2 N–H and O–H groups in total. The van der Waals surface area contributed by atoms with Crippen molar-refractivity contribution in [3.63, 3.8) is 0 Å². The Labute approximate surface area is 117 Å². The first-order valence-corrected chi connectivity index (χ1v) is 6.56. The second kappa shape index (κ2) is 6.19. The smallest absolute Gasteiger partial charge is 0.325 e. The summed E-state index contributed by atoms with van der Waals surface area (Å²) < 4.78 is 0. The Morgan fingerprint density at radius 3 is 2.55 bits per heavy atom. The standard InChI is InChI=1S/C16H17NO3/c1-11(16(19)20)17-15(18)9-7-12-6-8-13-4-2-3-5-14(13)10-12/h2-6,8,10-11H,7,9H2,1H3,(H,17,18)(H,19,20)/t11-/m1/s1. The van der Waals surface area contributed by atoms with Crippen molar-refractivity contribution in [2.45, 2.75) is 25.8 Å². The van der Waals surface area contributed by atoms with Crippen LogP contribution in [0.3, 0.4) is 0 Å². The van der Waals surface area contributed by atoms with Crippen LogP contribution >= 0.6 is 0 Å². The number of aryl methyl sites for hydroxylation is 1. The molecule has 0 unspecified atom stereocenters. The number of aliphatic carboxylic acids is 1. The molecule has 4 nitrogen and oxygen atoms in total. The molecule has 0 aliphatic rings. The van der Waals surface area contributed by atoms with Crippen LogP contribution in [-0.4, -0.2) is 23.0 Å². The first kappa shape index (κ1) is 14.1. The summed E-state index contributed by atoms with van der Waals surface area (Å²) in [5.74, 6) is -1.27. The molecule has 0 spiro atoms. The van der Waals surface area contributed by atoms with Crippen LogP contribution in [0.15, 0.2) is 42.5 Å². The van der Waals surface area contributed by atoms with Gasteiger partial charge in [-0.1, -0.05) is 42.5 Å². The Balaban J connectivity index is 1.95. The van der Waals surface area contributed by atoms with E-state index in [-0.39, 0.29) is 12.3 Å². The van der Waals surface area contributed by atoms with Crippen LogP contribution in [0.4, 0.5) is 0 Å². The van der Waals surface area contributed by atoms with Gasteiger partial charge in [0.2, 0.25) is 5.91 Å². The molecule has 0 heterocycles. The highest BCUT2D eigenvalue weighted by atomic mass is 16.4. The Kier molecular flexibility index (Phi) is 4.35. The maximum absolute atomic E-state index is 11.6. The van der Waals surface area contributed by atoms with Gasteiger partial charge < -0.3 is 10.4 Å². The van der Waals surface area contributed by atoms with Gasteiger partial charge in [-0.25, -0.2) is 0 Å². The van der Waals surface area contributed by atoms with Gasteiger partial charge in [0.05, 0.1) is 0 Å². The Morgan fingerprint density at radius 1 is 1.15 bits per heavy atom. The molecule has 0 aromatic heterocycles. The molecular weight excluding hydrogens is 254 g/mol. The lowest BCUT2D eigenvalue weighted by Crippen LogP contribution is -2.38. The topological polar surface area (TPSA) is 66.4 Å². The molecule has 0 fully saturated rings. The number of benzene rings is 2. The van der Waals surface area contributed by atoms with E-state index in [0.717, 1.165) is 10.9 Å². The molecule has 0 aliphatic heterocycles. The van der Waals surface area contributed by atoms with E-state index >= 15 is 0 Å².